The van der Waals surface area contributed by atoms with Gasteiger partial charge in [0.2, 0.25) is 5.91 Å². The molecule has 0 radical (unpaired) electrons. The van der Waals surface area contributed by atoms with Crippen LogP contribution >= 0.6 is 11.3 Å². The first-order valence-corrected chi connectivity index (χ1v) is 9.57. The van der Waals surface area contributed by atoms with E-state index in [-0.39, 0.29) is 30.7 Å². The van der Waals surface area contributed by atoms with E-state index in [0.717, 1.165) is 0 Å². The van der Waals surface area contributed by atoms with Gasteiger partial charge >= 0.3 is 0 Å². The highest BCUT2D eigenvalue weighted by Gasteiger charge is 2.07. The summed E-state index contributed by atoms with van der Waals surface area (Å²) in [6, 6.07) is 10.4. The second-order valence-corrected chi connectivity index (χ2v) is 6.60. The molecule has 3 N–H and O–H groups in total. The Hall–Kier alpha value is -2.87. The van der Waals surface area contributed by atoms with Gasteiger partial charge in [-0.25, -0.2) is 0 Å². The van der Waals surface area contributed by atoms with Crippen molar-refractivity contribution in [2.24, 2.45) is 0 Å². The first kappa shape index (κ1) is 20.4. The lowest BCUT2D eigenvalue weighted by molar-refractivity contribution is -0.123. The van der Waals surface area contributed by atoms with Crippen LogP contribution in [0.1, 0.15) is 29.4 Å². The Balaban J connectivity index is 1.69. The molecule has 8 heteroatoms. The van der Waals surface area contributed by atoms with Gasteiger partial charge in [-0.1, -0.05) is 12.1 Å². The highest BCUT2D eigenvalue weighted by molar-refractivity contribution is 7.12. The van der Waals surface area contributed by atoms with E-state index in [1.54, 1.807) is 30.3 Å². The lowest BCUT2D eigenvalue weighted by Gasteiger charge is -2.09. The average molecular weight is 389 g/mol. The third kappa shape index (κ3) is 7.49. The van der Waals surface area contributed by atoms with Crippen molar-refractivity contribution < 1.29 is 19.1 Å². The molecule has 144 valence electrons. The van der Waals surface area contributed by atoms with Crippen molar-refractivity contribution in [3.8, 4) is 5.75 Å². The van der Waals surface area contributed by atoms with Crippen LogP contribution in [0.15, 0.2) is 41.8 Å². The number of amides is 3. The number of carbonyl (C=O) groups is 3. The van der Waals surface area contributed by atoms with E-state index >= 15 is 0 Å². The topological polar surface area (TPSA) is 96.5 Å². The molecular formula is C19H23N3O4S. The molecule has 0 aliphatic rings. The van der Waals surface area contributed by atoms with Crippen molar-refractivity contribution in [3.05, 3.63) is 46.7 Å². The summed E-state index contributed by atoms with van der Waals surface area (Å²) >= 11 is 1.38. The second kappa shape index (κ2) is 11.0. The number of benzene rings is 1. The van der Waals surface area contributed by atoms with Gasteiger partial charge < -0.3 is 20.7 Å². The van der Waals surface area contributed by atoms with E-state index in [1.807, 2.05) is 18.4 Å². The van der Waals surface area contributed by atoms with E-state index in [1.165, 1.54) is 11.3 Å². The minimum Gasteiger partial charge on any atom is -0.484 e. The summed E-state index contributed by atoms with van der Waals surface area (Å²) < 4.78 is 5.39. The van der Waals surface area contributed by atoms with Crippen molar-refractivity contribution >= 4 is 34.7 Å². The Kier molecular flexibility index (Phi) is 8.31. The van der Waals surface area contributed by atoms with Crippen LogP contribution in [-0.4, -0.2) is 37.4 Å². The Morgan fingerprint density at radius 1 is 1.07 bits per heavy atom. The molecule has 0 aliphatic heterocycles. The molecule has 0 atom stereocenters. The van der Waals surface area contributed by atoms with Crippen molar-refractivity contribution in [1.29, 1.82) is 0 Å². The van der Waals surface area contributed by atoms with Crippen molar-refractivity contribution in [1.82, 2.24) is 10.6 Å². The van der Waals surface area contributed by atoms with Crippen LogP contribution < -0.4 is 20.7 Å². The van der Waals surface area contributed by atoms with Gasteiger partial charge in [-0.2, -0.15) is 0 Å². The zero-order chi connectivity index (χ0) is 19.5. The van der Waals surface area contributed by atoms with Crippen LogP contribution in [0.5, 0.6) is 5.75 Å². The van der Waals surface area contributed by atoms with Crippen LogP contribution in [0.3, 0.4) is 0 Å². The molecule has 0 spiro atoms. The molecule has 3 amide bonds. The predicted octanol–water partition coefficient (Wildman–Crippen LogP) is 2.41. The van der Waals surface area contributed by atoms with Crippen LogP contribution in [0.25, 0.3) is 0 Å². The van der Waals surface area contributed by atoms with E-state index in [2.05, 4.69) is 16.0 Å². The molecule has 7 nitrogen and oxygen atoms in total. The standard InChI is InChI=1S/C19H23N3O4S/c1-2-20-18(24)13-26-15-7-3-6-14(12-15)22-17(23)9-4-10-21-19(25)16-8-5-11-27-16/h3,5-8,11-12H,2,4,9-10,13H2,1H3,(H,20,24)(H,21,25)(H,22,23). The largest absolute Gasteiger partial charge is 0.484 e. The number of hydrogen-bond acceptors (Lipinski definition) is 5. The van der Waals surface area contributed by atoms with Crippen LogP contribution in [0.4, 0.5) is 5.69 Å². The van der Waals surface area contributed by atoms with Gasteiger partial charge in [-0.15, -0.1) is 11.3 Å². The van der Waals surface area contributed by atoms with Gasteiger partial charge in [-0.3, -0.25) is 14.4 Å². The maximum absolute atomic E-state index is 12.0. The first-order valence-electron chi connectivity index (χ1n) is 8.69. The van der Waals surface area contributed by atoms with Crippen molar-refractivity contribution in [2.45, 2.75) is 19.8 Å². The SMILES string of the molecule is CCNC(=O)COc1cccc(NC(=O)CCCNC(=O)c2cccs2)c1. The van der Waals surface area contributed by atoms with Gasteiger partial charge in [-0.05, 0) is 36.9 Å². The number of thiophene rings is 1. The maximum Gasteiger partial charge on any atom is 0.261 e. The fourth-order valence-corrected chi connectivity index (χ4v) is 2.87. The lowest BCUT2D eigenvalue weighted by Crippen LogP contribution is -2.28. The number of anilines is 1. The number of carbonyl (C=O) groups excluding carboxylic acids is 3. The minimum atomic E-state index is -0.198. The summed E-state index contributed by atoms with van der Waals surface area (Å²) in [6.45, 7) is 2.74. The third-order valence-corrected chi connectivity index (χ3v) is 4.34. The van der Waals surface area contributed by atoms with Gasteiger partial charge in [0.25, 0.3) is 11.8 Å². The van der Waals surface area contributed by atoms with Gasteiger partial charge in [0.15, 0.2) is 6.61 Å². The Labute approximate surface area is 162 Å². The monoisotopic (exact) mass is 389 g/mol. The van der Waals surface area contributed by atoms with Crippen LogP contribution in [0, 0.1) is 0 Å². The molecule has 2 aromatic rings. The molecule has 1 heterocycles. The molecule has 27 heavy (non-hydrogen) atoms. The van der Waals surface area contributed by atoms with Gasteiger partial charge in [0.05, 0.1) is 4.88 Å². The maximum atomic E-state index is 12.0. The van der Waals surface area contributed by atoms with Crippen LogP contribution in [-0.2, 0) is 9.59 Å². The summed E-state index contributed by atoms with van der Waals surface area (Å²) in [5, 5.41) is 10.1. The summed E-state index contributed by atoms with van der Waals surface area (Å²) in [4.78, 5) is 35.9. The Bertz CT molecular complexity index is 762. The Morgan fingerprint density at radius 2 is 1.93 bits per heavy atom. The van der Waals surface area contributed by atoms with Gasteiger partial charge in [0, 0.05) is 31.3 Å². The number of hydrogen-bond donors (Lipinski definition) is 3. The molecule has 1 aromatic carbocycles. The molecule has 0 fully saturated rings. The molecule has 0 saturated heterocycles. The number of likely N-dealkylation sites (N-methyl/N-ethyl adjacent to an activating group) is 1. The van der Waals surface area contributed by atoms with Crippen molar-refractivity contribution in [3.63, 3.8) is 0 Å². The molecule has 0 unspecified atom stereocenters. The Morgan fingerprint density at radius 3 is 2.67 bits per heavy atom. The van der Waals surface area contributed by atoms with E-state index in [9.17, 15) is 14.4 Å². The number of rotatable bonds is 10. The fourth-order valence-electron chi connectivity index (χ4n) is 2.23. The third-order valence-electron chi connectivity index (χ3n) is 3.47. The highest BCUT2D eigenvalue weighted by Crippen LogP contribution is 2.17. The predicted molar refractivity (Wildman–Crippen MR) is 105 cm³/mol. The normalized spacial score (nSPS) is 10.1. The zero-order valence-electron chi connectivity index (χ0n) is 15.1. The molecule has 0 saturated carbocycles. The quantitative estimate of drug-likeness (QED) is 0.544. The molecule has 1 aromatic heterocycles. The number of nitrogens with one attached hydrogen (secondary N) is 3. The summed E-state index contributed by atoms with van der Waals surface area (Å²) in [7, 11) is 0. The fraction of sp³-hybridized carbons (Fsp3) is 0.316. The average Bonchev–Trinajstić information content (AvgIpc) is 3.19. The van der Waals surface area contributed by atoms with Crippen LogP contribution in [0.2, 0.25) is 0 Å². The van der Waals surface area contributed by atoms with E-state index < -0.39 is 0 Å². The number of ether oxygens (including phenoxy) is 1. The molecular weight excluding hydrogens is 366 g/mol. The van der Waals surface area contributed by atoms with Crippen molar-refractivity contribution in [2.75, 3.05) is 25.0 Å². The molecule has 0 aliphatic carbocycles. The summed E-state index contributed by atoms with van der Waals surface area (Å²) in [5.41, 5.74) is 0.594. The minimum absolute atomic E-state index is 0.0742. The molecule has 0 bridgehead atoms. The molecule has 2 rings (SSSR count). The summed E-state index contributed by atoms with van der Waals surface area (Å²) in [5.74, 6) is 0.0300. The first-order chi connectivity index (χ1) is 13.1. The van der Waals surface area contributed by atoms with E-state index in [4.69, 9.17) is 4.74 Å². The highest BCUT2D eigenvalue weighted by atomic mass is 32.1. The second-order valence-electron chi connectivity index (χ2n) is 5.65. The van der Waals surface area contributed by atoms with E-state index in [0.29, 0.717) is 35.8 Å². The summed E-state index contributed by atoms with van der Waals surface area (Å²) in [6.07, 6.45) is 0.824. The lowest BCUT2D eigenvalue weighted by atomic mass is 10.2. The van der Waals surface area contributed by atoms with Gasteiger partial charge in [0.1, 0.15) is 5.75 Å². The smallest absolute Gasteiger partial charge is 0.261 e. The zero-order valence-corrected chi connectivity index (χ0v) is 15.9.